The van der Waals surface area contributed by atoms with Crippen LogP contribution in [0.4, 0.5) is 0 Å². The number of rotatable bonds is 6. The van der Waals surface area contributed by atoms with Crippen molar-refractivity contribution in [1.29, 1.82) is 0 Å². The third-order valence-electron chi connectivity index (χ3n) is 5.12. The van der Waals surface area contributed by atoms with Crippen molar-refractivity contribution in [3.05, 3.63) is 89.2 Å². The molecule has 0 bridgehead atoms. The van der Waals surface area contributed by atoms with Gasteiger partial charge >= 0.3 is 0 Å². The maximum atomic E-state index is 11.4. The van der Waals surface area contributed by atoms with E-state index >= 15 is 0 Å². The molecule has 4 nitrogen and oxygen atoms in total. The van der Waals surface area contributed by atoms with Crippen LogP contribution >= 0.6 is 0 Å². The van der Waals surface area contributed by atoms with Crippen molar-refractivity contribution in [3.8, 4) is 11.1 Å². The lowest BCUT2D eigenvalue weighted by molar-refractivity contribution is -0.119. The van der Waals surface area contributed by atoms with Crippen LogP contribution in [-0.2, 0) is 17.8 Å². The number of pyridine rings is 1. The molecule has 2 heterocycles. The minimum absolute atomic E-state index is 0. The molecule has 29 heavy (non-hydrogen) atoms. The standard InChI is InChI=1S/C24H23N3O.CH4/c1-17(28)27-16-23(19-5-3-2-4-6-19)10-18-9-22(14-25-12-18)20-7-8-21-13-26-15-24(21)11-20;/h2-9,11-12,14-15,23H,10,13,16H2,1H3,(H,27,28);1H4/t23-;/m0./s1. The monoisotopic (exact) mass is 385 g/mol. The first-order valence-corrected chi connectivity index (χ1v) is 9.55. The van der Waals surface area contributed by atoms with Crippen LogP contribution in [0.15, 0.2) is 72.0 Å². The summed E-state index contributed by atoms with van der Waals surface area (Å²) in [5, 5.41) is 2.97. The van der Waals surface area contributed by atoms with Gasteiger partial charge in [-0.1, -0.05) is 49.9 Å². The van der Waals surface area contributed by atoms with Gasteiger partial charge in [-0.15, -0.1) is 0 Å². The number of hydrogen-bond acceptors (Lipinski definition) is 3. The zero-order chi connectivity index (χ0) is 19.3. The zero-order valence-electron chi connectivity index (χ0n) is 15.9. The highest BCUT2D eigenvalue weighted by Gasteiger charge is 2.14. The van der Waals surface area contributed by atoms with Gasteiger partial charge in [-0.25, -0.2) is 0 Å². The molecule has 4 heteroatoms. The number of nitrogens with zero attached hydrogens (tertiary/aromatic N) is 2. The number of benzene rings is 2. The molecular formula is C25H27N3O. The van der Waals surface area contributed by atoms with E-state index in [-0.39, 0.29) is 19.3 Å². The summed E-state index contributed by atoms with van der Waals surface area (Å²) in [6.07, 6.45) is 6.58. The number of hydrogen-bond donors (Lipinski definition) is 1. The Bertz CT molecular complexity index is 1010. The van der Waals surface area contributed by atoms with Gasteiger partial charge in [0.2, 0.25) is 5.91 Å². The van der Waals surface area contributed by atoms with E-state index < -0.39 is 0 Å². The Morgan fingerprint density at radius 2 is 1.90 bits per heavy atom. The second kappa shape index (κ2) is 9.28. The van der Waals surface area contributed by atoms with Crippen LogP contribution in [0.2, 0.25) is 0 Å². The highest BCUT2D eigenvalue weighted by molar-refractivity contribution is 5.86. The second-order valence-corrected chi connectivity index (χ2v) is 7.21. The van der Waals surface area contributed by atoms with Crippen molar-refractivity contribution in [3.63, 3.8) is 0 Å². The van der Waals surface area contributed by atoms with Gasteiger partial charge in [0.05, 0.1) is 6.54 Å². The number of aliphatic imine (C=N–C) groups is 1. The molecule has 148 valence electrons. The Labute approximate surface area is 172 Å². The van der Waals surface area contributed by atoms with E-state index in [1.807, 2.05) is 36.8 Å². The summed E-state index contributed by atoms with van der Waals surface area (Å²) < 4.78 is 0. The topological polar surface area (TPSA) is 54.4 Å². The van der Waals surface area contributed by atoms with Gasteiger partial charge in [0, 0.05) is 43.6 Å². The number of nitrogens with one attached hydrogen (secondary N) is 1. The molecule has 1 atom stereocenters. The van der Waals surface area contributed by atoms with Crippen LogP contribution in [0.3, 0.4) is 0 Å². The third-order valence-corrected chi connectivity index (χ3v) is 5.12. The van der Waals surface area contributed by atoms with Crippen LogP contribution in [0.1, 0.15) is 42.5 Å². The summed E-state index contributed by atoms with van der Waals surface area (Å²) in [6.45, 7) is 2.94. The lowest BCUT2D eigenvalue weighted by atomic mass is 9.91. The first kappa shape index (κ1) is 20.5. The van der Waals surface area contributed by atoms with E-state index in [9.17, 15) is 4.79 Å². The number of carbonyl (C=O) groups excluding carboxylic acids is 1. The van der Waals surface area contributed by atoms with Crippen LogP contribution < -0.4 is 5.32 Å². The summed E-state index contributed by atoms with van der Waals surface area (Å²) in [5.41, 5.74) is 7.09. The summed E-state index contributed by atoms with van der Waals surface area (Å²) >= 11 is 0. The molecule has 1 aliphatic rings. The Morgan fingerprint density at radius 1 is 1.07 bits per heavy atom. The fourth-order valence-electron chi connectivity index (χ4n) is 3.62. The van der Waals surface area contributed by atoms with Crippen molar-refractivity contribution in [2.24, 2.45) is 4.99 Å². The van der Waals surface area contributed by atoms with Crippen molar-refractivity contribution >= 4 is 12.1 Å². The van der Waals surface area contributed by atoms with Gasteiger partial charge in [-0.2, -0.15) is 0 Å². The summed E-state index contributed by atoms with van der Waals surface area (Å²) in [7, 11) is 0. The van der Waals surface area contributed by atoms with Gasteiger partial charge in [0.25, 0.3) is 0 Å². The van der Waals surface area contributed by atoms with E-state index in [2.05, 4.69) is 51.7 Å². The number of fused-ring (bicyclic) bond motifs is 1. The average molecular weight is 386 g/mol. The highest BCUT2D eigenvalue weighted by Crippen LogP contribution is 2.26. The minimum atomic E-state index is -0.00684. The van der Waals surface area contributed by atoms with Crippen LogP contribution in [0.5, 0.6) is 0 Å². The number of amides is 1. The summed E-state index contributed by atoms with van der Waals surface area (Å²) in [5.74, 6) is 0.196. The highest BCUT2D eigenvalue weighted by atomic mass is 16.1. The maximum Gasteiger partial charge on any atom is 0.216 e. The van der Waals surface area contributed by atoms with E-state index in [0.717, 1.165) is 29.7 Å². The second-order valence-electron chi connectivity index (χ2n) is 7.21. The van der Waals surface area contributed by atoms with Gasteiger partial charge in [0.15, 0.2) is 0 Å². The molecule has 0 saturated heterocycles. The van der Waals surface area contributed by atoms with Gasteiger partial charge in [-0.3, -0.25) is 14.8 Å². The molecule has 1 aromatic heterocycles. The Morgan fingerprint density at radius 3 is 2.69 bits per heavy atom. The lowest BCUT2D eigenvalue weighted by Gasteiger charge is -2.18. The minimum Gasteiger partial charge on any atom is -0.356 e. The smallest absolute Gasteiger partial charge is 0.216 e. The van der Waals surface area contributed by atoms with Crippen LogP contribution in [0, 0.1) is 0 Å². The molecule has 0 radical (unpaired) electrons. The van der Waals surface area contributed by atoms with Crippen molar-refractivity contribution < 1.29 is 4.79 Å². The number of carbonyl (C=O) groups is 1. The van der Waals surface area contributed by atoms with Gasteiger partial charge in [-0.05, 0) is 46.4 Å². The first-order valence-electron chi connectivity index (χ1n) is 9.55. The Hall–Kier alpha value is -3.27. The molecule has 0 saturated carbocycles. The van der Waals surface area contributed by atoms with Crippen molar-refractivity contribution in [2.75, 3.05) is 6.54 Å². The Kier molecular flexibility index (Phi) is 6.55. The van der Waals surface area contributed by atoms with E-state index in [1.165, 1.54) is 16.7 Å². The number of aromatic nitrogens is 1. The molecular weight excluding hydrogens is 358 g/mol. The molecule has 1 aliphatic heterocycles. The largest absolute Gasteiger partial charge is 0.356 e. The predicted octanol–water partition coefficient (Wildman–Crippen LogP) is 4.78. The molecule has 4 rings (SSSR count). The normalized spacial score (nSPS) is 12.7. The fourth-order valence-corrected chi connectivity index (χ4v) is 3.62. The van der Waals surface area contributed by atoms with Crippen LogP contribution in [-0.4, -0.2) is 23.7 Å². The fraction of sp³-hybridized carbons (Fsp3) is 0.240. The molecule has 0 unspecified atom stereocenters. The molecule has 0 spiro atoms. The zero-order valence-corrected chi connectivity index (χ0v) is 15.9. The van der Waals surface area contributed by atoms with E-state index in [1.54, 1.807) is 6.92 Å². The SMILES string of the molecule is C.CC(=O)NC[C@H](Cc1cncc(-c2ccc3c(c2)C=NC3)c1)c1ccccc1. The van der Waals surface area contributed by atoms with Crippen molar-refractivity contribution in [1.82, 2.24) is 10.3 Å². The first-order chi connectivity index (χ1) is 13.7. The molecule has 0 aliphatic carbocycles. The average Bonchev–Trinajstić information content (AvgIpc) is 3.20. The van der Waals surface area contributed by atoms with E-state index in [4.69, 9.17) is 0 Å². The Balaban J connectivity index is 0.00000240. The molecule has 1 amide bonds. The maximum absolute atomic E-state index is 11.4. The van der Waals surface area contributed by atoms with Crippen LogP contribution in [0.25, 0.3) is 11.1 Å². The third kappa shape index (κ3) is 4.96. The van der Waals surface area contributed by atoms with Gasteiger partial charge in [0.1, 0.15) is 0 Å². The molecule has 2 aromatic carbocycles. The van der Waals surface area contributed by atoms with Gasteiger partial charge < -0.3 is 5.32 Å². The molecule has 3 aromatic rings. The molecule has 1 N–H and O–H groups in total. The summed E-state index contributed by atoms with van der Waals surface area (Å²) in [6, 6.07) is 19.0. The summed E-state index contributed by atoms with van der Waals surface area (Å²) in [4.78, 5) is 20.2. The van der Waals surface area contributed by atoms with Crippen molar-refractivity contribution in [2.45, 2.75) is 33.2 Å². The molecule has 0 fully saturated rings. The predicted molar refractivity (Wildman–Crippen MR) is 119 cm³/mol. The quantitative estimate of drug-likeness (QED) is 0.664. The van der Waals surface area contributed by atoms with E-state index in [0.29, 0.717) is 6.54 Å². The lowest BCUT2D eigenvalue weighted by Crippen LogP contribution is -2.27.